The third-order valence-electron chi connectivity index (χ3n) is 5.12. The molecule has 1 fully saturated rings. The predicted molar refractivity (Wildman–Crippen MR) is 120 cm³/mol. The molecule has 31 heavy (non-hydrogen) atoms. The van der Waals surface area contributed by atoms with Crippen LogP contribution in [0.2, 0.25) is 5.02 Å². The van der Waals surface area contributed by atoms with Crippen LogP contribution in [0.25, 0.3) is 0 Å². The van der Waals surface area contributed by atoms with Gasteiger partial charge in [-0.3, -0.25) is 4.79 Å². The number of carbonyl (C=O) groups is 1. The number of sulfonamides is 2. The monoisotopic (exact) mass is 485 g/mol. The van der Waals surface area contributed by atoms with E-state index in [9.17, 15) is 21.6 Å². The zero-order chi connectivity index (χ0) is 23.0. The van der Waals surface area contributed by atoms with Crippen molar-refractivity contribution in [3.8, 4) is 0 Å². The number of amides is 1. The summed E-state index contributed by atoms with van der Waals surface area (Å²) in [4.78, 5) is 13.9. The van der Waals surface area contributed by atoms with Crippen molar-refractivity contribution in [2.24, 2.45) is 0 Å². The Bertz CT molecular complexity index is 1210. The highest BCUT2D eigenvalue weighted by Gasteiger charge is 2.36. The Morgan fingerprint density at radius 1 is 1.19 bits per heavy atom. The van der Waals surface area contributed by atoms with Gasteiger partial charge in [-0.2, -0.15) is 0 Å². The molecule has 11 heteroatoms. The van der Waals surface area contributed by atoms with Crippen LogP contribution in [0.5, 0.6) is 0 Å². The normalized spacial score (nSPS) is 17.3. The van der Waals surface area contributed by atoms with Gasteiger partial charge < -0.3 is 4.90 Å². The van der Waals surface area contributed by atoms with Crippen LogP contribution in [0.15, 0.2) is 47.4 Å². The molecule has 1 saturated heterocycles. The summed E-state index contributed by atoms with van der Waals surface area (Å²) in [5, 5.41) is 0.539. The first kappa shape index (κ1) is 23.7. The molecular weight excluding hydrogens is 462 g/mol. The fourth-order valence-corrected chi connectivity index (χ4v) is 6.49. The molecule has 0 saturated carbocycles. The summed E-state index contributed by atoms with van der Waals surface area (Å²) in [6.07, 6.45) is -0.0864. The smallest absolute Gasteiger partial charge is 0.242 e. The average Bonchev–Trinajstić information content (AvgIpc) is 2.95. The van der Waals surface area contributed by atoms with Crippen LogP contribution in [0, 0.1) is 6.92 Å². The van der Waals surface area contributed by atoms with E-state index in [1.807, 2.05) is 31.1 Å². The maximum atomic E-state index is 13.0. The van der Waals surface area contributed by atoms with E-state index in [-0.39, 0.29) is 35.3 Å². The first-order chi connectivity index (χ1) is 14.4. The van der Waals surface area contributed by atoms with Gasteiger partial charge in [-0.1, -0.05) is 29.8 Å². The van der Waals surface area contributed by atoms with Gasteiger partial charge in [0.15, 0.2) is 0 Å². The van der Waals surface area contributed by atoms with E-state index in [4.69, 9.17) is 11.6 Å². The number of likely N-dealkylation sites (N-methyl/N-ethyl adjacent to an activating group) is 1. The predicted octanol–water partition coefficient (Wildman–Crippen LogP) is 2.30. The summed E-state index contributed by atoms with van der Waals surface area (Å²) in [5.74, 6) is -0.776. The first-order valence-corrected chi connectivity index (χ1v) is 13.0. The molecule has 2 aromatic carbocycles. The van der Waals surface area contributed by atoms with Crippen molar-refractivity contribution in [3.05, 3.63) is 58.6 Å². The molecule has 0 aromatic heterocycles. The second kappa shape index (κ2) is 8.87. The van der Waals surface area contributed by atoms with Gasteiger partial charge in [0, 0.05) is 24.0 Å². The molecule has 0 bridgehead atoms. The van der Waals surface area contributed by atoms with Crippen molar-refractivity contribution in [2.75, 3.05) is 30.7 Å². The summed E-state index contributed by atoms with van der Waals surface area (Å²) in [6.45, 7) is 1.64. The van der Waals surface area contributed by atoms with E-state index in [1.165, 1.54) is 18.2 Å². The van der Waals surface area contributed by atoms with Gasteiger partial charge in [-0.05, 0) is 56.4 Å². The van der Waals surface area contributed by atoms with Crippen LogP contribution >= 0.6 is 11.6 Å². The highest BCUT2D eigenvalue weighted by atomic mass is 35.5. The zero-order valence-electron chi connectivity index (χ0n) is 17.4. The maximum Gasteiger partial charge on any atom is 0.242 e. The minimum Gasteiger partial charge on any atom is -0.301 e. The molecule has 1 heterocycles. The quantitative estimate of drug-likeness (QED) is 0.645. The summed E-state index contributed by atoms with van der Waals surface area (Å²) in [7, 11) is -3.96. The molecule has 1 amide bonds. The molecule has 2 aromatic rings. The fraction of sp³-hybridized carbons (Fsp3) is 0.350. The number of hydrogen-bond acceptors (Lipinski definition) is 6. The van der Waals surface area contributed by atoms with E-state index < -0.39 is 26.0 Å². The number of halogens is 1. The Kier molecular flexibility index (Phi) is 6.78. The Labute approximate surface area is 187 Å². The molecule has 3 rings (SSSR count). The van der Waals surface area contributed by atoms with E-state index in [1.54, 1.807) is 19.1 Å². The third-order valence-corrected chi connectivity index (χ3v) is 8.73. The van der Waals surface area contributed by atoms with E-state index in [0.717, 1.165) is 9.87 Å². The van der Waals surface area contributed by atoms with Crippen LogP contribution in [0.4, 0.5) is 5.69 Å². The highest BCUT2D eigenvalue weighted by Crippen LogP contribution is 2.29. The molecule has 8 nitrogen and oxygen atoms in total. The zero-order valence-corrected chi connectivity index (χ0v) is 19.8. The standard InChI is InChI=1S/C20H24ClN3O5S2/c1-14-12-15(24-20(25)10-11-30(24,26)27)8-9-19(14)31(28,29)22-13-18(23(2)3)16-6-4-5-7-17(16)21/h4-9,12,18,22H,10-11,13H2,1-3H3. The van der Waals surface area contributed by atoms with Gasteiger partial charge in [0.2, 0.25) is 26.0 Å². The minimum absolute atomic E-state index is 0.0111. The summed E-state index contributed by atoms with van der Waals surface area (Å²) in [6, 6.07) is 11.0. The molecule has 1 aliphatic rings. The molecule has 1 aliphatic heterocycles. The molecule has 1 atom stereocenters. The second-order valence-corrected chi connectivity index (χ2v) is 11.6. The molecule has 0 spiro atoms. The van der Waals surface area contributed by atoms with Crippen LogP contribution in [-0.2, 0) is 24.8 Å². The van der Waals surface area contributed by atoms with Gasteiger partial charge in [0.25, 0.3) is 0 Å². The van der Waals surface area contributed by atoms with Gasteiger partial charge in [0.1, 0.15) is 0 Å². The molecule has 0 radical (unpaired) electrons. The molecular formula is C20H24ClN3O5S2. The van der Waals surface area contributed by atoms with E-state index in [2.05, 4.69) is 4.72 Å². The third kappa shape index (κ3) is 4.93. The summed E-state index contributed by atoms with van der Waals surface area (Å²) >= 11 is 6.28. The Balaban J connectivity index is 1.85. The van der Waals surface area contributed by atoms with E-state index in [0.29, 0.717) is 10.6 Å². The van der Waals surface area contributed by atoms with Crippen molar-refractivity contribution in [2.45, 2.75) is 24.3 Å². The molecule has 1 unspecified atom stereocenters. The minimum atomic E-state index is -3.90. The lowest BCUT2D eigenvalue weighted by Crippen LogP contribution is -2.35. The second-order valence-electron chi connectivity index (χ2n) is 7.53. The number of hydrogen-bond donors (Lipinski definition) is 1. The van der Waals surface area contributed by atoms with Crippen molar-refractivity contribution < 1.29 is 21.6 Å². The summed E-state index contributed by atoms with van der Waals surface area (Å²) < 4.78 is 53.5. The van der Waals surface area contributed by atoms with Gasteiger partial charge >= 0.3 is 0 Å². The SMILES string of the molecule is Cc1cc(N2C(=O)CCS2(=O)=O)ccc1S(=O)(=O)NCC(c1ccccc1Cl)N(C)C. The van der Waals surface area contributed by atoms with E-state index >= 15 is 0 Å². The van der Waals surface area contributed by atoms with Gasteiger partial charge in [-0.15, -0.1) is 0 Å². The van der Waals surface area contributed by atoms with Crippen LogP contribution in [-0.4, -0.2) is 54.0 Å². The van der Waals surface area contributed by atoms with Crippen LogP contribution in [0.1, 0.15) is 23.6 Å². The summed E-state index contributed by atoms with van der Waals surface area (Å²) in [5.41, 5.74) is 1.27. The van der Waals surface area contributed by atoms with Crippen LogP contribution < -0.4 is 9.03 Å². The molecule has 1 N–H and O–H groups in total. The molecule has 0 aliphatic carbocycles. The lowest BCUT2D eigenvalue weighted by molar-refractivity contribution is -0.116. The fourth-order valence-electron chi connectivity index (χ4n) is 3.51. The number of rotatable bonds is 7. The lowest BCUT2D eigenvalue weighted by Gasteiger charge is -2.26. The number of nitrogens with zero attached hydrogens (tertiary/aromatic N) is 2. The average molecular weight is 486 g/mol. The number of anilines is 1. The van der Waals surface area contributed by atoms with Gasteiger partial charge in [-0.25, -0.2) is 25.9 Å². The molecule has 168 valence electrons. The number of nitrogens with one attached hydrogen (secondary N) is 1. The van der Waals surface area contributed by atoms with Crippen molar-refractivity contribution in [1.82, 2.24) is 9.62 Å². The van der Waals surface area contributed by atoms with Crippen molar-refractivity contribution in [1.29, 1.82) is 0 Å². The van der Waals surface area contributed by atoms with Crippen LogP contribution in [0.3, 0.4) is 0 Å². The number of benzene rings is 2. The Morgan fingerprint density at radius 2 is 1.87 bits per heavy atom. The van der Waals surface area contributed by atoms with Crippen molar-refractivity contribution in [3.63, 3.8) is 0 Å². The Hall–Kier alpha value is -1.98. The largest absolute Gasteiger partial charge is 0.301 e. The van der Waals surface area contributed by atoms with Crippen molar-refractivity contribution >= 4 is 43.2 Å². The Morgan fingerprint density at radius 3 is 2.42 bits per heavy atom. The van der Waals surface area contributed by atoms with Gasteiger partial charge in [0.05, 0.1) is 16.3 Å². The lowest BCUT2D eigenvalue weighted by atomic mass is 10.1. The number of aryl methyl sites for hydroxylation is 1. The maximum absolute atomic E-state index is 13.0. The highest BCUT2D eigenvalue weighted by molar-refractivity contribution is 7.94. The first-order valence-electron chi connectivity index (χ1n) is 9.51. The number of carbonyl (C=O) groups excluding carboxylic acids is 1. The topological polar surface area (TPSA) is 104 Å².